The van der Waals surface area contributed by atoms with Gasteiger partial charge in [0.25, 0.3) is 0 Å². The van der Waals surface area contributed by atoms with Crippen LogP contribution in [0.4, 0.5) is 0 Å². The molecule has 5 aromatic heterocycles. The Labute approximate surface area is 384 Å². The third-order valence-electron chi connectivity index (χ3n) is 12.4. The topological polar surface area (TPSA) is 103 Å². The first-order valence-corrected chi connectivity index (χ1v) is 22.1. The van der Waals surface area contributed by atoms with Gasteiger partial charge in [-0.2, -0.15) is 0 Å². The first-order valence-electron chi connectivity index (χ1n) is 22.1. The van der Waals surface area contributed by atoms with Crippen molar-refractivity contribution in [2.75, 3.05) is 0 Å². The molecule has 13 rings (SSSR count). The monoisotopic (exact) mass is 857 g/mol. The lowest BCUT2D eigenvalue weighted by Crippen LogP contribution is -1.99. The molecule has 312 valence electrons. The number of para-hydroxylation sites is 2. The predicted molar refractivity (Wildman–Crippen MR) is 269 cm³/mol. The van der Waals surface area contributed by atoms with Crippen molar-refractivity contribution < 1.29 is 4.42 Å². The number of fused-ring (bicyclic) bond motifs is 8. The Kier molecular flexibility index (Phi) is 8.99. The van der Waals surface area contributed by atoms with Crippen molar-refractivity contribution in [3.05, 3.63) is 213 Å². The second-order valence-electron chi connectivity index (χ2n) is 16.5. The average Bonchev–Trinajstić information content (AvgIpc) is 3.87. The number of hydrogen-bond donors (Lipinski definition) is 0. The summed E-state index contributed by atoms with van der Waals surface area (Å²) < 4.78 is 6.92. The molecule has 0 fully saturated rings. The summed E-state index contributed by atoms with van der Waals surface area (Å²) in [6.45, 7) is 0. The van der Waals surface area contributed by atoms with Crippen LogP contribution in [0.2, 0.25) is 0 Å². The van der Waals surface area contributed by atoms with Crippen molar-refractivity contribution >= 4 is 54.5 Å². The second kappa shape index (κ2) is 15.8. The van der Waals surface area contributed by atoms with Gasteiger partial charge in [-0.3, -0.25) is 9.97 Å². The van der Waals surface area contributed by atoms with Crippen LogP contribution in [0.3, 0.4) is 0 Å². The van der Waals surface area contributed by atoms with Gasteiger partial charge in [0.15, 0.2) is 17.2 Å². The summed E-state index contributed by atoms with van der Waals surface area (Å²) in [5.74, 6) is 1.48. The minimum atomic E-state index is 0.454. The lowest BCUT2D eigenvalue weighted by atomic mass is 10.0. The van der Waals surface area contributed by atoms with Crippen molar-refractivity contribution in [1.82, 2.24) is 34.9 Å². The minimum Gasteiger partial charge on any atom is -0.435 e. The molecule has 0 saturated heterocycles. The van der Waals surface area contributed by atoms with Crippen molar-refractivity contribution in [3.63, 3.8) is 0 Å². The molecule has 0 N–H and O–H groups in total. The molecule has 0 unspecified atom stereocenters. The number of aromatic nitrogens is 7. The van der Waals surface area contributed by atoms with E-state index in [9.17, 15) is 0 Å². The van der Waals surface area contributed by atoms with E-state index in [1.54, 1.807) is 0 Å². The maximum atomic E-state index is 6.92. The van der Waals surface area contributed by atoms with Crippen LogP contribution in [0.25, 0.3) is 134 Å². The molecule has 8 heteroatoms. The Hall–Kier alpha value is -9.27. The third kappa shape index (κ3) is 6.74. The zero-order chi connectivity index (χ0) is 44.3. The highest BCUT2D eigenvalue weighted by atomic mass is 16.3. The first kappa shape index (κ1) is 38.2. The van der Waals surface area contributed by atoms with Crippen LogP contribution in [-0.4, -0.2) is 34.9 Å². The first-order chi connectivity index (χ1) is 33.2. The van der Waals surface area contributed by atoms with Crippen LogP contribution in [-0.2, 0) is 0 Å². The molecular weight excluding hydrogens is 823 g/mol. The van der Waals surface area contributed by atoms with Gasteiger partial charge in [0, 0.05) is 72.9 Å². The highest BCUT2D eigenvalue weighted by Crippen LogP contribution is 2.40. The summed E-state index contributed by atoms with van der Waals surface area (Å²) in [6.07, 6.45) is 3.64. The standard InChI is InChI=1S/C59H35N7O/c1-3-15-36(16-4-1)49-34-51(47-27-11-19-38-21-13-29-60-53(38)47)64-57(62-49)40-31-41(33-42(32-40)59-66-55-45-25-9-7-23-43(45)44-24-8-10-26-46(44)56(55)67-59)58-63-50(37-17-5-2-6-18-37)35-52(65-58)48-28-12-20-39-22-14-30-61-54(39)48/h1-35H. The molecule has 8 aromatic carbocycles. The Balaban J connectivity index is 1.09. The van der Waals surface area contributed by atoms with Gasteiger partial charge in [0.2, 0.25) is 5.89 Å². The number of rotatable bonds is 7. The van der Waals surface area contributed by atoms with E-state index in [0.717, 1.165) is 116 Å². The van der Waals surface area contributed by atoms with Crippen LogP contribution in [0.5, 0.6) is 0 Å². The number of nitrogens with zero attached hydrogens (tertiary/aromatic N) is 7. The zero-order valence-electron chi connectivity index (χ0n) is 35.7. The molecular formula is C59H35N7O. The normalized spacial score (nSPS) is 11.6. The Morgan fingerprint density at radius 1 is 0.299 bits per heavy atom. The lowest BCUT2D eigenvalue weighted by molar-refractivity contribution is 0.623. The van der Waals surface area contributed by atoms with Gasteiger partial charge in [0.1, 0.15) is 5.52 Å². The molecule has 0 radical (unpaired) electrons. The van der Waals surface area contributed by atoms with Gasteiger partial charge < -0.3 is 4.42 Å². The zero-order valence-corrected chi connectivity index (χ0v) is 35.7. The largest absolute Gasteiger partial charge is 0.435 e. The van der Waals surface area contributed by atoms with Crippen LogP contribution < -0.4 is 0 Å². The Morgan fingerprint density at radius 3 is 1.30 bits per heavy atom. The predicted octanol–water partition coefficient (Wildman–Crippen LogP) is 14.5. The molecule has 0 bridgehead atoms. The molecule has 0 spiro atoms. The average molecular weight is 858 g/mol. The number of hydrogen-bond acceptors (Lipinski definition) is 8. The summed E-state index contributed by atoms with van der Waals surface area (Å²) in [5.41, 5.74) is 12.2. The maximum Gasteiger partial charge on any atom is 0.227 e. The van der Waals surface area contributed by atoms with Crippen LogP contribution in [0.1, 0.15) is 0 Å². The minimum absolute atomic E-state index is 0.454. The second-order valence-corrected chi connectivity index (χ2v) is 16.5. The lowest BCUT2D eigenvalue weighted by Gasteiger charge is -2.14. The van der Waals surface area contributed by atoms with Gasteiger partial charge in [-0.15, -0.1) is 0 Å². The van der Waals surface area contributed by atoms with Crippen LogP contribution >= 0.6 is 0 Å². The van der Waals surface area contributed by atoms with Gasteiger partial charge in [-0.25, -0.2) is 24.9 Å². The number of pyridine rings is 2. The van der Waals surface area contributed by atoms with Crippen molar-refractivity contribution in [1.29, 1.82) is 0 Å². The highest BCUT2D eigenvalue weighted by molar-refractivity contribution is 6.22. The molecule has 5 heterocycles. The fourth-order valence-electron chi connectivity index (χ4n) is 9.22. The summed E-state index contributed by atoms with van der Waals surface area (Å²) >= 11 is 0. The summed E-state index contributed by atoms with van der Waals surface area (Å²) in [4.78, 5) is 36.3. The smallest absolute Gasteiger partial charge is 0.227 e. The molecule has 67 heavy (non-hydrogen) atoms. The van der Waals surface area contributed by atoms with E-state index in [1.165, 1.54) is 0 Å². The molecule has 0 aliphatic carbocycles. The van der Waals surface area contributed by atoms with Crippen molar-refractivity contribution in [2.24, 2.45) is 0 Å². The third-order valence-corrected chi connectivity index (χ3v) is 12.4. The van der Waals surface area contributed by atoms with Gasteiger partial charge >= 0.3 is 0 Å². The van der Waals surface area contributed by atoms with Gasteiger partial charge in [-0.1, -0.05) is 158 Å². The number of oxazole rings is 1. The van der Waals surface area contributed by atoms with E-state index in [1.807, 2.05) is 97.3 Å². The van der Waals surface area contributed by atoms with E-state index in [4.69, 9.17) is 39.3 Å². The molecule has 0 amide bonds. The molecule has 13 aromatic rings. The van der Waals surface area contributed by atoms with E-state index in [-0.39, 0.29) is 0 Å². The molecule has 0 aliphatic rings. The van der Waals surface area contributed by atoms with E-state index < -0.39 is 0 Å². The van der Waals surface area contributed by atoms with Crippen LogP contribution in [0.15, 0.2) is 217 Å². The summed E-state index contributed by atoms with van der Waals surface area (Å²) in [6, 6.07) is 67.8. The Morgan fingerprint density at radius 2 is 0.746 bits per heavy atom. The highest BCUT2D eigenvalue weighted by Gasteiger charge is 2.21. The number of benzene rings is 8. The maximum absolute atomic E-state index is 6.92. The van der Waals surface area contributed by atoms with Crippen molar-refractivity contribution in [2.45, 2.75) is 0 Å². The molecule has 0 saturated carbocycles. The quantitative estimate of drug-likeness (QED) is 0.146. The van der Waals surface area contributed by atoms with Crippen LogP contribution in [0, 0.1) is 0 Å². The fourth-order valence-corrected chi connectivity index (χ4v) is 9.22. The SMILES string of the molecule is c1ccc(-c2cc(-c3cccc4cccnc34)nc(-c3cc(-c4nc(-c5ccccc5)cc(-c5cccc6cccnc56)n4)cc(-c4nc5c6ccccc6c6ccccc6c5o4)c3)n2)cc1. The Bertz CT molecular complexity index is 3790. The van der Waals surface area contributed by atoms with E-state index in [0.29, 0.717) is 17.5 Å². The van der Waals surface area contributed by atoms with Gasteiger partial charge in [-0.05, 0) is 53.2 Å². The van der Waals surface area contributed by atoms with Crippen molar-refractivity contribution in [3.8, 4) is 79.3 Å². The van der Waals surface area contributed by atoms with Gasteiger partial charge in [0.05, 0.1) is 33.8 Å². The van der Waals surface area contributed by atoms with E-state index >= 15 is 0 Å². The summed E-state index contributed by atoms with van der Waals surface area (Å²) in [7, 11) is 0. The molecule has 0 atom stereocenters. The summed E-state index contributed by atoms with van der Waals surface area (Å²) in [5, 5.41) is 6.27. The van der Waals surface area contributed by atoms with E-state index in [2.05, 4.69) is 115 Å². The fraction of sp³-hybridized carbons (Fsp3) is 0. The molecule has 0 aliphatic heterocycles. The molecule has 8 nitrogen and oxygen atoms in total.